The van der Waals surface area contributed by atoms with Crippen molar-refractivity contribution in [3.8, 4) is 5.75 Å². The van der Waals surface area contributed by atoms with Gasteiger partial charge in [-0.15, -0.1) is 0 Å². The molecule has 13 heteroatoms. The molecule has 2 saturated carbocycles. The first-order chi connectivity index (χ1) is 20.1. The van der Waals surface area contributed by atoms with Crippen molar-refractivity contribution in [3.05, 3.63) is 47.3 Å². The number of rotatable bonds is 6. The lowest BCUT2D eigenvalue weighted by Gasteiger charge is -2.31. The van der Waals surface area contributed by atoms with E-state index in [1.54, 1.807) is 6.07 Å². The van der Waals surface area contributed by atoms with Crippen molar-refractivity contribution in [1.82, 2.24) is 10.3 Å². The monoisotopic (exact) mass is 604 g/mol. The number of halogens is 4. The van der Waals surface area contributed by atoms with Crippen LogP contribution in [0.25, 0.3) is 10.2 Å². The fraction of sp³-hybridized carbons (Fsp3) is 0.483. The van der Waals surface area contributed by atoms with Crippen LogP contribution in [0.5, 0.6) is 5.75 Å². The summed E-state index contributed by atoms with van der Waals surface area (Å²) in [6.07, 6.45) is -1.41. The zero-order chi connectivity index (χ0) is 29.3. The molecule has 4 bridgehead atoms. The fourth-order valence-electron chi connectivity index (χ4n) is 7.25. The van der Waals surface area contributed by atoms with E-state index in [9.17, 15) is 27.2 Å². The van der Waals surface area contributed by atoms with E-state index in [0.717, 1.165) is 43.4 Å². The second kappa shape index (κ2) is 10.1. The van der Waals surface area contributed by atoms with Gasteiger partial charge in [-0.1, -0.05) is 11.3 Å². The van der Waals surface area contributed by atoms with Gasteiger partial charge in [0.05, 0.1) is 47.6 Å². The van der Waals surface area contributed by atoms with E-state index in [-0.39, 0.29) is 29.7 Å². The maximum absolute atomic E-state index is 13.9. The van der Waals surface area contributed by atoms with Crippen molar-refractivity contribution in [1.29, 1.82) is 0 Å². The largest absolute Gasteiger partial charge is 0.496 e. The lowest BCUT2D eigenvalue weighted by molar-refractivity contribution is -0.140. The number of ether oxygens (including phenoxy) is 2. The molecule has 222 valence electrons. The smallest absolute Gasteiger partial charge is 0.419 e. The molecule has 4 fully saturated rings. The van der Waals surface area contributed by atoms with E-state index in [1.165, 1.54) is 18.4 Å². The van der Waals surface area contributed by atoms with Crippen LogP contribution in [-0.2, 0) is 15.7 Å². The lowest BCUT2D eigenvalue weighted by Crippen LogP contribution is -2.48. The maximum atomic E-state index is 13.9. The summed E-state index contributed by atoms with van der Waals surface area (Å²) in [5, 5.41) is 6.45. The van der Waals surface area contributed by atoms with Crippen molar-refractivity contribution >= 4 is 44.2 Å². The van der Waals surface area contributed by atoms with Crippen molar-refractivity contribution < 1.29 is 36.6 Å². The van der Waals surface area contributed by atoms with E-state index >= 15 is 0 Å². The summed E-state index contributed by atoms with van der Waals surface area (Å²) in [5.41, 5.74) is -0.582. The first-order valence-corrected chi connectivity index (χ1v) is 14.8. The number of benzene rings is 2. The summed E-state index contributed by atoms with van der Waals surface area (Å²) < 4.78 is 65.5. The number of aromatic nitrogens is 1. The van der Waals surface area contributed by atoms with E-state index in [1.807, 2.05) is 6.07 Å². The number of anilines is 2. The molecule has 2 aliphatic carbocycles. The molecule has 3 heterocycles. The average molecular weight is 605 g/mol. The number of carbonyl (C=O) groups excluding carboxylic acids is 2. The van der Waals surface area contributed by atoms with Crippen LogP contribution in [0.3, 0.4) is 0 Å². The van der Waals surface area contributed by atoms with Crippen LogP contribution >= 0.6 is 11.3 Å². The van der Waals surface area contributed by atoms with E-state index in [4.69, 9.17) is 14.5 Å². The molecule has 2 N–H and O–H groups in total. The normalized spacial score (nSPS) is 28.1. The zero-order valence-electron chi connectivity index (χ0n) is 22.5. The number of alkyl halides is 3. The molecule has 0 spiro atoms. The Morgan fingerprint density at radius 2 is 1.95 bits per heavy atom. The van der Waals surface area contributed by atoms with Crippen LogP contribution in [0.4, 0.5) is 28.4 Å². The van der Waals surface area contributed by atoms with Gasteiger partial charge in [0.2, 0.25) is 5.91 Å². The number of amides is 2. The molecule has 8 nitrogen and oxygen atoms in total. The third-order valence-electron chi connectivity index (χ3n) is 9.16. The predicted molar refractivity (Wildman–Crippen MR) is 147 cm³/mol. The number of hydrogen-bond acceptors (Lipinski definition) is 7. The van der Waals surface area contributed by atoms with Gasteiger partial charge in [0.15, 0.2) is 5.13 Å². The van der Waals surface area contributed by atoms with Crippen molar-refractivity contribution in [2.75, 3.05) is 30.5 Å². The van der Waals surface area contributed by atoms with Gasteiger partial charge in [0.25, 0.3) is 5.91 Å². The molecule has 2 amide bonds. The van der Waals surface area contributed by atoms with Gasteiger partial charge in [-0.25, -0.2) is 9.37 Å². The molecule has 2 aromatic carbocycles. The van der Waals surface area contributed by atoms with Crippen LogP contribution in [0.2, 0.25) is 0 Å². The van der Waals surface area contributed by atoms with Gasteiger partial charge in [0.1, 0.15) is 17.1 Å². The van der Waals surface area contributed by atoms with E-state index in [2.05, 4.69) is 15.5 Å². The average Bonchev–Trinajstić information content (AvgIpc) is 3.78. The van der Waals surface area contributed by atoms with E-state index in [0.29, 0.717) is 40.3 Å². The SMILES string of the molecule is COc1ccc2nc(N3CC4CC3CO4)sc2c1C(=O)N[C@@H]1[C@H]2CC[C@H](C2)[C@@H]1C(=O)Nc1ccc(F)c(C(F)(F)F)c1. The van der Waals surface area contributed by atoms with Crippen LogP contribution in [0, 0.1) is 23.6 Å². The van der Waals surface area contributed by atoms with Crippen LogP contribution < -0.4 is 20.3 Å². The summed E-state index contributed by atoms with van der Waals surface area (Å²) in [6.45, 7) is 1.41. The molecule has 7 rings (SSSR count). The fourth-order valence-corrected chi connectivity index (χ4v) is 8.43. The summed E-state index contributed by atoms with van der Waals surface area (Å²) in [4.78, 5) is 34.4. The zero-order valence-corrected chi connectivity index (χ0v) is 23.4. The Labute approximate surface area is 242 Å². The Bertz CT molecular complexity index is 1580. The number of fused-ring (bicyclic) bond motifs is 5. The van der Waals surface area contributed by atoms with Crippen LogP contribution in [0.1, 0.15) is 41.6 Å². The van der Waals surface area contributed by atoms with Crippen LogP contribution in [0.15, 0.2) is 30.3 Å². The Morgan fingerprint density at radius 3 is 2.67 bits per heavy atom. The molecular weight excluding hydrogens is 576 g/mol. The topological polar surface area (TPSA) is 92.8 Å². The molecule has 3 aromatic rings. The Hall–Kier alpha value is -3.45. The minimum absolute atomic E-state index is 0.0247. The number of thiazole rings is 1. The van der Waals surface area contributed by atoms with E-state index < -0.39 is 41.3 Å². The lowest BCUT2D eigenvalue weighted by atomic mass is 9.83. The summed E-state index contributed by atoms with van der Waals surface area (Å²) in [5.74, 6) is -2.53. The quantitative estimate of drug-likeness (QED) is 0.375. The number of hydrogen-bond donors (Lipinski definition) is 2. The number of morpholine rings is 1. The Balaban J connectivity index is 1.15. The van der Waals surface area contributed by atoms with Crippen LogP contribution in [-0.4, -0.2) is 55.2 Å². The summed E-state index contributed by atoms with van der Waals surface area (Å²) in [7, 11) is 1.49. The standard InChI is InChI=1S/C29H28F4N4O4S/c1-40-21-7-6-20-25(42-28(35-20)37-11-17-10-16(37)12-41-17)23(21)27(39)36-24-14-3-2-13(8-14)22(24)26(38)34-15-4-5-19(30)18(9-15)29(31,32)33/h4-7,9,13-14,16-17,22,24H,2-3,8,10-12H2,1H3,(H,34,38)(H,36,39)/t13-,14+,16?,17?,22+,24-/m1/s1. The van der Waals surface area contributed by atoms with Gasteiger partial charge in [-0.3, -0.25) is 9.59 Å². The molecule has 2 saturated heterocycles. The second-order valence-corrected chi connectivity index (χ2v) is 12.5. The molecule has 2 unspecified atom stereocenters. The molecule has 2 aliphatic heterocycles. The number of nitrogens with zero attached hydrogens (tertiary/aromatic N) is 2. The van der Waals surface area contributed by atoms with Gasteiger partial charge >= 0.3 is 6.18 Å². The number of nitrogens with one attached hydrogen (secondary N) is 2. The summed E-state index contributed by atoms with van der Waals surface area (Å²) >= 11 is 1.42. The molecular formula is C29H28F4N4O4S. The van der Waals surface area contributed by atoms with Gasteiger partial charge < -0.3 is 25.0 Å². The van der Waals surface area contributed by atoms with Gasteiger partial charge in [0, 0.05) is 18.3 Å². The second-order valence-electron chi connectivity index (χ2n) is 11.5. The number of methoxy groups -OCH3 is 1. The van der Waals surface area contributed by atoms with Crippen molar-refractivity contribution in [2.45, 2.75) is 50.0 Å². The van der Waals surface area contributed by atoms with Gasteiger partial charge in [-0.2, -0.15) is 13.2 Å². The first-order valence-electron chi connectivity index (χ1n) is 13.9. The molecule has 1 aromatic heterocycles. The Kier molecular flexibility index (Phi) is 6.57. The molecule has 0 radical (unpaired) electrons. The van der Waals surface area contributed by atoms with Crippen molar-refractivity contribution in [2.24, 2.45) is 17.8 Å². The highest BCUT2D eigenvalue weighted by atomic mass is 32.1. The number of carbonyl (C=O) groups is 2. The third-order valence-corrected chi connectivity index (χ3v) is 10.3. The highest BCUT2D eigenvalue weighted by molar-refractivity contribution is 7.22. The minimum Gasteiger partial charge on any atom is -0.496 e. The molecule has 42 heavy (non-hydrogen) atoms. The minimum atomic E-state index is -4.90. The van der Waals surface area contributed by atoms with Crippen molar-refractivity contribution in [3.63, 3.8) is 0 Å². The third kappa shape index (κ3) is 4.57. The predicted octanol–water partition coefficient (Wildman–Crippen LogP) is 5.22. The highest BCUT2D eigenvalue weighted by Gasteiger charge is 2.52. The Morgan fingerprint density at radius 1 is 1.14 bits per heavy atom. The molecule has 6 atom stereocenters. The summed E-state index contributed by atoms with van der Waals surface area (Å²) in [6, 6.07) is 5.66. The first kappa shape index (κ1) is 27.4. The highest BCUT2D eigenvalue weighted by Crippen LogP contribution is 2.49. The molecule has 4 aliphatic rings. The van der Waals surface area contributed by atoms with Gasteiger partial charge in [-0.05, 0) is 67.9 Å². The maximum Gasteiger partial charge on any atom is 0.419 e.